The van der Waals surface area contributed by atoms with E-state index in [1.165, 1.54) is 16.9 Å². The fourth-order valence-corrected chi connectivity index (χ4v) is 5.73. The molecule has 3 aromatic rings. The topological polar surface area (TPSA) is 145 Å². The van der Waals surface area contributed by atoms with E-state index in [1.54, 1.807) is 25.4 Å². The minimum absolute atomic E-state index is 0.0254. The highest BCUT2D eigenvalue weighted by atomic mass is 32.2. The number of pyridine rings is 1. The van der Waals surface area contributed by atoms with E-state index in [-0.39, 0.29) is 29.3 Å². The minimum Gasteiger partial charge on any atom is -0.481 e. The molecule has 2 aliphatic rings. The van der Waals surface area contributed by atoms with Gasteiger partial charge in [0.05, 0.1) is 11.2 Å². The number of alkyl halides is 3. The third-order valence-electron chi connectivity index (χ3n) is 6.81. The van der Waals surface area contributed by atoms with Crippen molar-refractivity contribution in [2.45, 2.75) is 31.0 Å². The fourth-order valence-electron chi connectivity index (χ4n) is 5.19. The van der Waals surface area contributed by atoms with Gasteiger partial charge in [-0.1, -0.05) is 0 Å². The third-order valence-corrected chi connectivity index (χ3v) is 7.60. The molecular weight excluding hydrogens is 584 g/mol. The van der Waals surface area contributed by atoms with Crippen LogP contribution < -0.4 is 15.4 Å². The Morgan fingerprint density at radius 2 is 2.07 bits per heavy atom. The summed E-state index contributed by atoms with van der Waals surface area (Å²) in [6, 6.07) is 5.50. The monoisotopic (exact) mass is 608 g/mol. The van der Waals surface area contributed by atoms with E-state index in [0.717, 1.165) is 12.3 Å². The molecule has 2 aromatic heterocycles. The molecule has 0 unspecified atom stereocenters. The Morgan fingerprint density at radius 1 is 1.31 bits per heavy atom. The van der Waals surface area contributed by atoms with Gasteiger partial charge in [0, 0.05) is 37.7 Å². The number of anilines is 1. The Bertz CT molecular complexity index is 1720. The number of amides is 2. The molecule has 0 fully saturated rings. The summed E-state index contributed by atoms with van der Waals surface area (Å²) in [4.78, 5) is 34.4. The number of nitrogens with one attached hydrogen (secondary N) is 2. The second-order valence-corrected chi connectivity index (χ2v) is 12.2. The number of sulfone groups is 1. The number of benzene rings is 1. The minimum atomic E-state index is -4.65. The van der Waals surface area contributed by atoms with Crippen LogP contribution in [0.4, 0.5) is 23.4 Å². The van der Waals surface area contributed by atoms with Gasteiger partial charge in [0.2, 0.25) is 5.91 Å². The fraction of sp³-hybridized carbons (Fsp3) is 0.346. The van der Waals surface area contributed by atoms with E-state index < -0.39 is 57.3 Å². The smallest absolute Gasteiger partial charge is 0.422 e. The van der Waals surface area contributed by atoms with Crippen molar-refractivity contribution in [1.82, 2.24) is 20.1 Å². The molecule has 2 amide bonds. The van der Waals surface area contributed by atoms with Crippen molar-refractivity contribution in [3.05, 3.63) is 64.2 Å². The number of fused-ring (bicyclic) bond motifs is 3. The number of carbonyl (C=O) groups is 2. The summed E-state index contributed by atoms with van der Waals surface area (Å²) < 4.78 is 82.0. The van der Waals surface area contributed by atoms with E-state index in [0.29, 0.717) is 29.5 Å². The number of rotatable bonds is 7. The maximum Gasteiger partial charge on any atom is 0.422 e. The standard InChI is InChI=1S/C26H24F4N6O5S/c1-31-10-14-3-4-20(32-11-14)36-23(33-21(37)12-42(2,39)40)22-18(35-36)9-25(34-24(22)38)6-5-15-7-19(17(27)8-16(15)25)41-13-26(28,29)30/h3-4,7-8,10-11H,5-6,9,12-13H2,1-2H3,(H,33,37)(H,34,38)/b31-10+/t25-/m0/s1. The van der Waals surface area contributed by atoms with Gasteiger partial charge in [-0.15, -0.1) is 0 Å². The molecule has 5 rings (SSSR count). The Balaban J connectivity index is 1.55. The van der Waals surface area contributed by atoms with Crippen LogP contribution >= 0.6 is 0 Å². The zero-order valence-electron chi connectivity index (χ0n) is 22.2. The molecule has 2 N–H and O–H groups in total. The normalized spacial score (nSPS) is 18.2. The lowest BCUT2D eigenvalue weighted by molar-refractivity contribution is -0.153. The molecular formula is C26H24F4N6O5S. The van der Waals surface area contributed by atoms with Crippen LogP contribution in [0, 0.1) is 5.82 Å². The van der Waals surface area contributed by atoms with Crippen molar-refractivity contribution in [3.63, 3.8) is 0 Å². The summed E-state index contributed by atoms with van der Waals surface area (Å²) in [5, 5.41) is 9.88. The van der Waals surface area contributed by atoms with Gasteiger partial charge >= 0.3 is 6.18 Å². The van der Waals surface area contributed by atoms with E-state index in [9.17, 15) is 35.6 Å². The summed E-state index contributed by atoms with van der Waals surface area (Å²) in [6.07, 6.45) is -0.0516. The SMILES string of the molecule is C/N=C/c1ccc(-n2nc3c(c2NC(=O)CS(C)(=O)=O)C(=O)N[C@@]2(CCc4cc(OCC(F)(F)F)c(F)cc42)C3)nc1. The van der Waals surface area contributed by atoms with Crippen molar-refractivity contribution < 1.29 is 40.3 Å². The Morgan fingerprint density at radius 3 is 2.71 bits per heavy atom. The van der Waals surface area contributed by atoms with Crippen LogP contribution in [0.5, 0.6) is 5.75 Å². The van der Waals surface area contributed by atoms with Gasteiger partial charge in [0.15, 0.2) is 39.6 Å². The maximum atomic E-state index is 14.9. The van der Waals surface area contributed by atoms with Gasteiger partial charge < -0.3 is 15.4 Å². The predicted molar refractivity (Wildman–Crippen MR) is 142 cm³/mol. The molecule has 222 valence electrons. The Labute approximate surface area is 236 Å². The lowest BCUT2D eigenvalue weighted by Crippen LogP contribution is -2.50. The number of ether oxygens (including phenoxy) is 1. The number of carbonyl (C=O) groups excluding carboxylic acids is 2. The van der Waals surface area contributed by atoms with Gasteiger partial charge in [0.25, 0.3) is 5.91 Å². The number of halogens is 4. The molecule has 16 heteroatoms. The maximum absolute atomic E-state index is 14.9. The molecule has 0 radical (unpaired) electrons. The van der Waals surface area contributed by atoms with E-state index in [2.05, 4.69) is 30.4 Å². The Hall–Kier alpha value is -4.34. The van der Waals surface area contributed by atoms with Crippen LogP contribution in [-0.4, -0.2) is 73.1 Å². The van der Waals surface area contributed by atoms with Crippen LogP contribution in [0.25, 0.3) is 5.82 Å². The number of nitrogens with zero attached hydrogens (tertiary/aromatic N) is 4. The van der Waals surface area contributed by atoms with Gasteiger partial charge in [0.1, 0.15) is 11.3 Å². The quantitative estimate of drug-likeness (QED) is 0.310. The van der Waals surface area contributed by atoms with Crippen molar-refractivity contribution in [3.8, 4) is 11.6 Å². The Kier molecular flexibility index (Phi) is 7.28. The second-order valence-electron chi connectivity index (χ2n) is 10.1. The van der Waals surface area contributed by atoms with Crippen molar-refractivity contribution in [2.24, 2.45) is 4.99 Å². The first-order chi connectivity index (χ1) is 19.7. The molecule has 0 saturated carbocycles. The highest BCUT2D eigenvalue weighted by Crippen LogP contribution is 2.45. The van der Waals surface area contributed by atoms with Crippen LogP contribution in [0.15, 0.2) is 35.5 Å². The van der Waals surface area contributed by atoms with Gasteiger partial charge in [-0.2, -0.15) is 23.0 Å². The summed E-state index contributed by atoms with van der Waals surface area (Å²) >= 11 is 0. The molecule has 1 aliphatic heterocycles. The third kappa shape index (κ3) is 5.84. The number of aliphatic imine (C=N–C) groups is 1. The highest BCUT2D eigenvalue weighted by molar-refractivity contribution is 7.91. The number of aryl methyl sites for hydroxylation is 1. The zero-order valence-corrected chi connectivity index (χ0v) is 23.1. The highest BCUT2D eigenvalue weighted by Gasteiger charge is 2.47. The number of hydrogen-bond acceptors (Lipinski definition) is 8. The molecule has 11 nitrogen and oxygen atoms in total. The lowest BCUT2D eigenvalue weighted by atomic mass is 9.82. The molecule has 1 aromatic carbocycles. The lowest BCUT2D eigenvalue weighted by Gasteiger charge is -2.35. The first kappa shape index (κ1) is 29.2. The molecule has 3 heterocycles. The molecule has 1 spiro atoms. The van der Waals surface area contributed by atoms with Crippen molar-refractivity contribution in [1.29, 1.82) is 0 Å². The second kappa shape index (κ2) is 10.5. The van der Waals surface area contributed by atoms with Gasteiger partial charge in [-0.25, -0.2) is 17.8 Å². The number of aromatic nitrogens is 3. The predicted octanol–water partition coefficient (Wildman–Crippen LogP) is 2.51. The van der Waals surface area contributed by atoms with Gasteiger partial charge in [-0.3, -0.25) is 14.6 Å². The zero-order chi connectivity index (χ0) is 30.4. The molecule has 1 aliphatic carbocycles. The molecule has 0 saturated heterocycles. The average molecular weight is 609 g/mol. The molecule has 1 atom stereocenters. The van der Waals surface area contributed by atoms with E-state index in [1.807, 2.05) is 0 Å². The molecule has 42 heavy (non-hydrogen) atoms. The summed E-state index contributed by atoms with van der Waals surface area (Å²) in [5.74, 6) is -3.87. The first-order valence-electron chi connectivity index (χ1n) is 12.5. The molecule has 0 bridgehead atoms. The van der Waals surface area contributed by atoms with Crippen LogP contribution in [-0.2, 0) is 33.0 Å². The average Bonchev–Trinajstić information content (AvgIpc) is 3.39. The van der Waals surface area contributed by atoms with E-state index in [4.69, 9.17) is 0 Å². The van der Waals surface area contributed by atoms with Crippen molar-refractivity contribution >= 4 is 33.7 Å². The van der Waals surface area contributed by atoms with Crippen molar-refractivity contribution in [2.75, 3.05) is 31.0 Å². The van der Waals surface area contributed by atoms with Gasteiger partial charge in [-0.05, 0) is 48.2 Å². The summed E-state index contributed by atoms with van der Waals surface area (Å²) in [6.45, 7) is -1.65. The first-order valence-corrected chi connectivity index (χ1v) is 14.6. The van der Waals surface area contributed by atoms with Crippen LogP contribution in [0.1, 0.15) is 39.2 Å². The number of hydrogen-bond donors (Lipinski definition) is 2. The summed E-state index contributed by atoms with van der Waals surface area (Å²) in [7, 11) is -2.12. The van der Waals surface area contributed by atoms with Crippen LogP contribution in [0.2, 0.25) is 0 Å². The summed E-state index contributed by atoms with van der Waals surface area (Å²) in [5.41, 5.74) is 0.610. The van der Waals surface area contributed by atoms with E-state index >= 15 is 0 Å². The largest absolute Gasteiger partial charge is 0.481 e. The van der Waals surface area contributed by atoms with Crippen LogP contribution in [0.3, 0.4) is 0 Å².